The molecule has 1 aromatic rings. The van der Waals surface area contributed by atoms with E-state index in [0.29, 0.717) is 5.56 Å². The second-order valence-electron chi connectivity index (χ2n) is 3.58. The maximum atomic E-state index is 11.5. The van der Waals surface area contributed by atoms with Crippen molar-refractivity contribution in [2.75, 3.05) is 0 Å². The summed E-state index contributed by atoms with van der Waals surface area (Å²) < 4.78 is 0. The number of aromatic nitrogens is 1. The number of rotatable bonds is 4. The van der Waals surface area contributed by atoms with Crippen LogP contribution in [-0.4, -0.2) is 16.6 Å². The topological polar surface area (TPSA) is 47.0 Å². The molecule has 1 aliphatic carbocycles. The fraction of sp³-hybridized carbons (Fsp3) is 0.364. The van der Waals surface area contributed by atoms with Gasteiger partial charge >= 0.3 is 0 Å². The molecule has 72 valence electrons. The van der Waals surface area contributed by atoms with E-state index in [0.717, 1.165) is 12.8 Å². The predicted octanol–water partition coefficient (Wildman–Crippen LogP) is 1.63. The zero-order valence-electron chi connectivity index (χ0n) is 7.77. The van der Waals surface area contributed by atoms with Gasteiger partial charge < -0.3 is 0 Å². The Morgan fingerprint density at radius 3 is 2.79 bits per heavy atom. The third-order valence-corrected chi connectivity index (χ3v) is 2.35. The molecule has 1 aromatic heterocycles. The summed E-state index contributed by atoms with van der Waals surface area (Å²) in [4.78, 5) is 26.7. The second-order valence-corrected chi connectivity index (χ2v) is 3.58. The van der Waals surface area contributed by atoms with Crippen LogP contribution >= 0.6 is 0 Å². The minimum atomic E-state index is -0.116. The van der Waals surface area contributed by atoms with Gasteiger partial charge in [-0.1, -0.05) is 0 Å². The minimum absolute atomic E-state index is 0.0381. The van der Waals surface area contributed by atoms with Gasteiger partial charge in [-0.25, -0.2) is 0 Å². The van der Waals surface area contributed by atoms with Crippen LogP contribution in [0.5, 0.6) is 0 Å². The molecule has 0 spiro atoms. The summed E-state index contributed by atoms with van der Waals surface area (Å²) >= 11 is 0. The van der Waals surface area contributed by atoms with Gasteiger partial charge in [0.25, 0.3) is 0 Å². The zero-order chi connectivity index (χ0) is 9.97. The molecule has 0 aliphatic heterocycles. The summed E-state index contributed by atoms with van der Waals surface area (Å²) in [6.07, 6.45) is 5.07. The lowest BCUT2D eigenvalue weighted by Crippen LogP contribution is -2.09. The summed E-state index contributed by atoms with van der Waals surface area (Å²) in [5.41, 5.74) is 0.529. The van der Waals surface area contributed by atoms with Crippen molar-refractivity contribution in [3.05, 3.63) is 30.1 Å². The standard InChI is InChI=1S/C11H11NO2/c13-10(8-3-4-8)6-11(14)9-2-1-5-12-7-9/h1-2,5,7-8H,3-4,6H2. The third-order valence-electron chi connectivity index (χ3n) is 2.35. The van der Waals surface area contributed by atoms with Crippen LogP contribution in [0.1, 0.15) is 29.6 Å². The second kappa shape index (κ2) is 3.70. The van der Waals surface area contributed by atoms with Crippen molar-refractivity contribution in [1.82, 2.24) is 4.98 Å². The molecular weight excluding hydrogens is 178 g/mol. The Morgan fingerprint density at radius 2 is 2.21 bits per heavy atom. The van der Waals surface area contributed by atoms with Crippen molar-refractivity contribution in [3.8, 4) is 0 Å². The summed E-state index contributed by atoms with van der Waals surface area (Å²) in [5.74, 6) is 0.129. The van der Waals surface area contributed by atoms with E-state index >= 15 is 0 Å². The van der Waals surface area contributed by atoms with E-state index in [4.69, 9.17) is 0 Å². The molecule has 2 rings (SSSR count). The molecule has 0 amide bonds. The number of pyridine rings is 1. The molecule has 3 heteroatoms. The molecule has 1 heterocycles. The van der Waals surface area contributed by atoms with E-state index in [9.17, 15) is 9.59 Å². The number of Topliss-reactive ketones (excluding diaryl/α,β-unsaturated/α-hetero) is 2. The van der Waals surface area contributed by atoms with Crippen molar-refractivity contribution in [1.29, 1.82) is 0 Å². The number of ketones is 2. The van der Waals surface area contributed by atoms with Gasteiger partial charge in [0.15, 0.2) is 5.78 Å². The fourth-order valence-corrected chi connectivity index (χ4v) is 1.34. The molecule has 0 unspecified atom stereocenters. The Labute approximate surface area is 82.2 Å². The van der Waals surface area contributed by atoms with E-state index in [1.54, 1.807) is 18.3 Å². The maximum Gasteiger partial charge on any atom is 0.171 e. The number of hydrogen-bond acceptors (Lipinski definition) is 3. The number of carbonyl (C=O) groups excluding carboxylic acids is 2. The zero-order valence-corrected chi connectivity index (χ0v) is 7.77. The monoisotopic (exact) mass is 189 g/mol. The summed E-state index contributed by atoms with van der Waals surface area (Å²) in [6, 6.07) is 3.39. The smallest absolute Gasteiger partial charge is 0.171 e. The quantitative estimate of drug-likeness (QED) is 0.534. The van der Waals surface area contributed by atoms with Crippen molar-refractivity contribution in [2.24, 2.45) is 5.92 Å². The minimum Gasteiger partial charge on any atom is -0.299 e. The van der Waals surface area contributed by atoms with Gasteiger partial charge in [-0.15, -0.1) is 0 Å². The first-order valence-corrected chi connectivity index (χ1v) is 4.73. The Balaban J connectivity index is 1.98. The molecule has 1 fully saturated rings. The summed E-state index contributed by atoms with van der Waals surface area (Å²) in [6.45, 7) is 0. The van der Waals surface area contributed by atoms with Crippen LogP contribution in [0, 0.1) is 5.92 Å². The van der Waals surface area contributed by atoms with Crippen LogP contribution in [0.4, 0.5) is 0 Å². The predicted molar refractivity (Wildman–Crippen MR) is 50.9 cm³/mol. The highest BCUT2D eigenvalue weighted by Gasteiger charge is 2.30. The first-order chi connectivity index (χ1) is 6.77. The fourth-order valence-electron chi connectivity index (χ4n) is 1.34. The molecule has 0 atom stereocenters. The van der Waals surface area contributed by atoms with Gasteiger partial charge in [0.2, 0.25) is 0 Å². The van der Waals surface area contributed by atoms with Gasteiger partial charge in [0, 0.05) is 23.9 Å². The number of nitrogens with zero attached hydrogens (tertiary/aromatic N) is 1. The molecule has 14 heavy (non-hydrogen) atoms. The van der Waals surface area contributed by atoms with E-state index in [1.807, 2.05) is 0 Å². The Kier molecular flexibility index (Phi) is 2.39. The molecular formula is C11H11NO2. The Hall–Kier alpha value is -1.51. The highest BCUT2D eigenvalue weighted by atomic mass is 16.1. The molecule has 0 aromatic carbocycles. The molecule has 3 nitrogen and oxygen atoms in total. The SMILES string of the molecule is O=C(CC(=O)C1CC1)c1cccnc1. The van der Waals surface area contributed by atoms with E-state index in [-0.39, 0.29) is 23.9 Å². The van der Waals surface area contributed by atoms with Gasteiger partial charge in [0.1, 0.15) is 5.78 Å². The van der Waals surface area contributed by atoms with Crippen LogP contribution in [-0.2, 0) is 4.79 Å². The van der Waals surface area contributed by atoms with E-state index in [1.165, 1.54) is 6.20 Å². The summed E-state index contributed by atoms with van der Waals surface area (Å²) in [5, 5.41) is 0. The van der Waals surface area contributed by atoms with Gasteiger partial charge in [-0.05, 0) is 25.0 Å². The summed E-state index contributed by atoms with van der Waals surface area (Å²) in [7, 11) is 0. The normalized spacial score (nSPS) is 15.1. The van der Waals surface area contributed by atoms with Crippen LogP contribution in [0.2, 0.25) is 0 Å². The molecule has 0 saturated heterocycles. The first-order valence-electron chi connectivity index (χ1n) is 4.73. The van der Waals surface area contributed by atoms with Gasteiger partial charge in [-0.3, -0.25) is 14.6 Å². The lowest BCUT2D eigenvalue weighted by Gasteiger charge is -1.98. The van der Waals surface area contributed by atoms with Gasteiger partial charge in [0.05, 0.1) is 6.42 Å². The van der Waals surface area contributed by atoms with E-state index < -0.39 is 0 Å². The molecule has 0 radical (unpaired) electrons. The van der Waals surface area contributed by atoms with Crippen molar-refractivity contribution < 1.29 is 9.59 Å². The molecule has 0 bridgehead atoms. The largest absolute Gasteiger partial charge is 0.299 e. The van der Waals surface area contributed by atoms with Crippen molar-refractivity contribution in [2.45, 2.75) is 19.3 Å². The molecule has 1 saturated carbocycles. The van der Waals surface area contributed by atoms with Gasteiger partial charge in [-0.2, -0.15) is 0 Å². The Morgan fingerprint density at radius 1 is 1.43 bits per heavy atom. The van der Waals surface area contributed by atoms with Crippen LogP contribution in [0.25, 0.3) is 0 Å². The van der Waals surface area contributed by atoms with Crippen molar-refractivity contribution in [3.63, 3.8) is 0 Å². The number of carbonyl (C=O) groups is 2. The van der Waals surface area contributed by atoms with Crippen LogP contribution in [0.3, 0.4) is 0 Å². The lowest BCUT2D eigenvalue weighted by molar-refractivity contribution is -0.119. The number of hydrogen-bond donors (Lipinski definition) is 0. The molecule has 0 N–H and O–H groups in total. The Bertz CT molecular complexity index is 355. The van der Waals surface area contributed by atoms with Crippen LogP contribution in [0.15, 0.2) is 24.5 Å². The van der Waals surface area contributed by atoms with Crippen LogP contribution < -0.4 is 0 Å². The average Bonchev–Trinajstić information content (AvgIpc) is 3.02. The highest BCUT2D eigenvalue weighted by molar-refractivity contribution is 6.08. The maximum absolute atomic E-state index is 11.5. The average molecular weight is 189 g/mol. The van der Waals surface area contributed by atoms with Crippen molar-refractivity contribution >= 4 is 11.6 Å². The first kappa shape index (κ1) is 9.06. The molecule has 1 aliphatic rings. The van der Waals surface area contributed by atoms with E-state index in [2.05, 4.69) is 4.98 Å². The highest BCUT2D eigenvalue weighted by Crippen LogP contribution is 2.31. The third kappa shape index (κ3) is 2.05. The lowest BCUT2D eigenvalue weighted by atomic mass is 10.1.